The van der Waals surface area contributed by atoms with Crippen LogP contribution in [0.15, 0.2) is 53.0 Å². The Hall–Kier alpha value is -1.39. The third-order valence-corrected chi connectivity index (χ3v) is 4.19. The Kier molecular flexibility index (Phi) is 3.30. The van der Waals surface area contributed by atoms with Crippen LogP contribution in [-0.4, -0.2) is 4.98 Å². The van der Waals surface area contributed by atoms with Crippen LogP contribution >= 0.6 is 27.3 Å². The molecule has 2 nitrogen and oxygen atoms in total. The minimum atomic E-state index is 0.502. The Labute approximate surface area is 117 Å². The summed E-state index contributed by atoms with van der Waals surface area (Å²) in [5.41, 5.74) is 1.04. The smallest absolute Gasteiger partial charge is 0.140 e. The third kappa shape index (κ3) is 2.40. The first-order valence-corrected chi connectivity index (χ1v) is 7.15. The number of fused-ring (bicyclic) bond motifs is 1. The van der Waals surface area contributed by atoms with Crippen molar-refractivity contribution >= 4 is 37.5 Å². The molecule has 3 rings (SSSR count). The van der Waals surface area contributed by atoms with Gasteiger partial charge in [0.25, 0.3) is 0 Å². The van der Waals surface area contributed by atoms with Crippen LogP contribution in [0.3, 0.4) is 0 Å². The van der Waals surface area contributed by atoms with Gasteiger partial charge in [-0.2, -0.15) is 0 Å². The molecule has 1 heterocycles. The summed E-state index contributed by atoms with van der Waals surface area (Å²) in [6.07, 6.45) is 0. The first-order chi connectivity index (χ1) is 8.83. The van der Waals surface area contributed by atoms with Gasteiger partial charge in [0.15, 0.2) is 0 Å². The lowest BCUT2D eigenvalue weighted by molar-refractivity contribution is 0.304. The number of benzene rings is 2. The molecule has 0 saturated heterocycles. The maximum absolute atomic E-state index is 5.75. The molecular weight excluding hydrogens is 310 g/mol. The summed E-state index contributed by atoms with van der Waals surface area (Å²) in [6.45, 7) is 0.502. The van der Waals surface area contributed by atoms with E-state index in [0.29, 0.717) is 6.61 Å². The van der Waals surface area contributed by atoms with Gasteiger partial charge < -0.3 is 4.74 Å². The van der Waals surface area contributed by atoms with E-state index in [2.05, 4.69) is 27.0 Å². The van der Waals surface area contributed by atoms with Gasteiger partial charge in [-0.25, -0.2) is 4.98 Å². The van der Waals surface area contributed by atoms with Gasteiger partial charge in [-0.1, -0.05) is 24.3 Å². The molecule has 90 valence electrons. The Bertz CT molecular complexity index is 647. The summed E-state index contributed by atoms with van der Waals surface area (Å²) < 4.78 is 7.91. The molecule has 18 heavy (non-hydrogen) atoms. The van der Waals surface area contributed by atoms with Gasteiger partial charge in [0.05, 0.1) is 14.7 Å². The van der Waals surface area contributed by atoms with Gasteiger partial charge in [-0.05, 0) is 40.2 Å². The second-order valence-electron chi connectivity index (χ2n) is 3.79. The molecule has 2 aromatic carbocycles. The van der Waals surface area contributed by atoms with Crippen molar-refractivity contribution in [2.45, 2.75) is 6.61 Å². The zero-order chi connectivity index (χ0) is 12.4. The number of nitrogens with zero attached hydrogens (tertiary/aromatic N) is 1. The van der Waals surface area contributed by atoms with Gasteiger partial charge in [0, 0.05) is 0 Å². The monoisotopic (exact) mass is 319 g/mol. The molecule has 0 aliphatic rings. The van der Waals surface area contributed by atoms with Crippen LogP contribution in [-0.2, 0) is 6.61 Å². The summed E-state index contributed by atoms with van der Waals surface area (Å²) in [5, 5.41) is 0.993. The molecule has 0 amide bonds. The van der Waals surface area contributed by atoms with Crippen molar-refractivity contribution in [3.8, 4) is 5.75 Å². The van der Waals surface area contributed by atoms with E-state index in [1.165, 1.54) is 4.70 Å². The van der Waals surface area contributed by atoms with E-state index >= 15 is 0 Å². The highest BCUT2D eigenvalue weighted by atomic mass is 79.9. The largest absolute Gasteiger partial charge is 0.485 e. The molecule has 0 atom stereocenters. The fourth-order valence-corrected chi connectivity index (χ4v) is 2.96. The molecule has 0 aliphatic heterocycles. The molecule has 0 N–H and O–H groups in total. The molecule has 0 spiro atoms. The highest BCUT2D eigenvalue weighted by Crippen LogP contribution is 2.26. The van der Waals surface area contributed by atoms with Crippen molar-refractivity contribution in [3.05, 3.63) is 58.0 Å². The first kappa shape index (κ1) is 11.7. The molecule has 0 unspecified atom stereocenters. The van der Waals surface area contributed by atoms with Crippen LogP contribution in [0.25, 0.3) is 10.2 Å². The highest BCUT2D eigenvalue weighted by molar-refractivity contribution is 9.10. The van der Waals surface area contributed by atoms with Crippen LogP contribution in [0.2, 0.25) is 0 Å². The van der Waals surface area contributed by atoms with Crippen LogP contribution < -0.4 is 4.74 Å². The van der Waals surface area contributed by atoms with Crippen molar-refractivity contribution in [3.63, 3.8) is 0 Å². The first-order valence-electron chi connectivity index (χ1n) is 5.55. The SMILES string of the molecule is Brc1ccccc1OCc1nc2ccccc2s1. The Morgan fingerprint density at radius 3 is 2.67 bits per heavy atom. The van der Waals surface area contributed by atoms with Gasteiger partial charge in [-0.15, -0.1) is 11.3 Å². The number of hydrogen-bond acceptors (Lipinski definition) is 3. The molecule has 3 aromatic rings. The fourth-order valence-electron chi connectivity index (χ4n) is 1.68. The maximum atomic E-state index is 5.75. The zero-order valence-electron chi connectivity index (χ0n) is 9.47. The lowest BCUT2D eigenvalue weighted by Gasteiger charge is -2.05. The van der Waals surface area contributed by atoms with Crippen molar-refractivity contribution in [1.82, 2.24) is 4.98 Å². The molecule has 0 bridgehead atoms. The molecule has 0 radical (unpaired) electrons. The molecular formula is C14H10BrNOS. The van der Waals surface area contributed by atoms with Crippen molar-refractivity contribution < 1.29 is 4.74 Å². The zero-order valence-corrected chi connectivity index (χ0v) is 11.9. The van der Waals surface area contributed by atoms with E-state index in [4.69, 9.17) is 4.74 Å². The second kappa shape index (κ2) is 5.08. The highest BCUT2D eigenvalue weighted by Gasteiger charge is 2.05. The molecule has 1 aromatic heterocycles. The Balaban J connectivity index is 1.79. The number of thiazole rings is 1. The minimum absolute atomic E-state index is 0.502. The summed E-state index contributed by atoms with van der Waals surface area (Å²) in [4.78, 5) is 4.54. The molecule has 4 heteroatoms. The predicted octanol–water partition coefficient (Wildman–Crippen LogP) is 4.64. The summed E-state index contributed by atoms with van der Waals surface area (Å²) in [6, 6.07) is 16.0. The number of halogens is 1. The van der Waals surface area contributed by atoms with Gasteiger partial charge in [0.2, 0.25) is 0 Å². The summed E-state index contributed by atoms with van der Waals surface area (Å²) in [5.74, 6) is 0.844. The number of aromatic nitrogens is 1. The summed E-state index contributed by atoms with van der Waals surface area (Å²) in [7, 11) is 0. The van der Waals surface area contributed by atoms with Crippen molar-refractivity contribution in [2.75, 3.05) is 0 Å². The van der Waals surface area contributed by atoms with E-state index < -0.39 is 0 Å². The molecule has 0 aliphatic carbocycles. The van der Waals surface area contributed by atoms with Gasteiger partial charge in [0.1, 0.15) is 17.4 Å². The van der Waals surface area contributed by atoms with E-state index in [1.54, 1.807) is 11.3 Å². The predicted molar refractivity (Wildman–Crippen MR) is 78.1 cm³/mol. The minimum Gasteiger partial charge on any atom is -0.485 e. The second-order valence-corrected chi connectivity index (χ2v) is 5.76. The number of para-hydroxylation sites is 2. The Morgan fingerprint density at radius 1 is 1.06 bits per heavy atom. The maximum Gasteiger partial charge on any atom is 0.140 e. The van der Waals surface area contributed by atoms with Crippen LogP contribution in [0.1, 0.15) is 5.01 Å². The lowest BCUT2D eigenvalue weighted by atomic mass is 10.3. The molecule has 0 fully saturated rings. The number of ether oxygens (including phenoxy) is 1. The van der Waals surface area contributed by atoms with Crippen LogP contribution in [0, 0.1) is 0 Å². The van der Waals surface area contributed by atoms with E-state index in [9.17, 15) is 0 Å². The Morgan fingerprint density at radius 2 is 1.83 bits per heavy atom. The fraction of sp³-hybridized carbons (Fsp3) is 0.0714. The standard InChI is InChI=1S/C14H10BrNOS/c15-10-5-1-3-7-12(10)17-9-14-16-11-6-2-4-8-13(11)18-14/h1-8H,9H2. The lowest BCUT2D eigenvalue weighted by Crippen LogP contribution is -1.94. The third-order valence-electron chi connectivity index (χ3n) is 2.53. The van der Waals surface area contributed by atoms with Crippen molar-refractivity contribution in [1.29, 1.82) is 0 Å². The average molecular weight is 320 g/mol. The quantitative estimate of drug-likeness (QED) is 0.701. The van der Waals surface area contributed by atoms with E-state index in [0.717, 1.165) is 20.7 Å². The number of hydrogen-bond donors (Lipinski definition) is 0. The average Bonchev–Trinajstić information content (AvgIpc) is 2.80. The van der Waals surface area contributed by atoms with Crippen molar-refractivity contribution in [2.24, 2.45) is 0 Å². The van der Waals surface area contributed by atoms with E-state index in [1.807, 2.05) is 42.5 Å². The van der Waals surface area contributed by atoms with Gasteiger partial charge in [-0.3, -0.25) is 0 Å². The normalized spacial score (nSPS) is 10.7. The topological polar surface area (TPSA) is 22.1 Å². The van der Waals surface area contributed by atoms with Crippen LogP contribution in [0.4, 0.5) is 0 Å². The van der Waals surface area contributed by atoms with E-state index in [-0.39, 0.29) is 0 Å². The number of rotatable bonds is 3. The van der Waals surface area contributed by atoms with Crippen LogP contribution in [0.5, 0.6) is 5.75 Å². The summed E-state index contributed by atoms with van der Waals surface area (Å²) >= 11 is 5.13. The molecule has 0 saturated carbocycles. The van der Waals surface area contributed by atoms with Gasteiger partial charge >= 0.3 is 0 Å².